The zero-order valence-corrected chi connectivity index (χ0v) is 11.3. The van der Waals surface area contributed by atoms with Crippen molar-refractivity contribution in [3.63, 3.8) is 0 Å². The van der Waals surface area contributed by atoms with Gasteiger partial charge in [0.1, 0.15) is 5.75 Å². The lowest BCUT2D eigenvalue weighted by Gasteiger charge is -2.32. The molecule has 1 aromatic rings. The average molecular weight is 249 g/mol. The van der Waals surface area contributed by atoms with Crippen molar-refractivity contribution >= 4 is 0 Å². The Kier molecular flexibility index (Phi) is 4.25. The molecule has 0 fully saturated rings. The Labute approximate surface area is 109 Å². The van der Waals surface area contributed by atoms with Gasteiger partial charge in [-0.15, -0.1) is 0 Å². The van der Waals surface area contributed by atoms with E-state index in [1.54, 1.807) is 0 Å². The second kappa shape index (κ2) is 5.72. The SMILES string of the molecule is CCNCC(C)(O)CC1CCOc2ccccc21. The van der Waals surface area contributed by atoms with Crippen molar-refractivity contribution in [2.75, 3.05) is 19.7 Å². The second-order valence-corrected chi connectivity index (χ2v) is 5.35. The van der Waals surface area contributed by atoms with Gasteiger partial charge >= 0.3 is 0 Å². The molecule has 0 aromatic heterocycles. The number of benzene rings is 1. The first-order chi connectivity index (χ1) is 8.62. The summed E-state index contributed by atoms with van der Waals surface area (Å²) in [6.45, 7) is 6.25. The molecule has 0 bridgehead atoms. The van der Waals surface area contributed by atoms with E-state index in [9.17, 15) is 5.11 Å². The summed E-state index contributed by atoms with van der Waals surface area (Å²) in [5, 5.41) is 13.6. The summed E-state index contributed by atoms with van der Waals surface area (Å²) in [7, 11) is 0. The summed E-state index contributed by atoms with van der Waals surface area (Å²) in [5.41, 5.74) is 0.575. The lowest BCUT2D eigenvalue weighted by Crippen LogP contribution is -2.39. The van der Waals surface area contributed by atoms with Crippen LogP contribution >= 0.6 is 0 Å². The first-order valence-corrected chi connectivity index (χ1v) is 6.77. The van der Waals surface area contributed by atoms with Crippen LogP contribution in [-0.2, 0) is 0 Å². The smallest absolute Gasteiger partial charge is 0.122 e. The summed E-state index contributed by atoms with van der Waals surface area (Å²) in [6.07, 6.45) is 1.76. The average Bonchev–Trinajstić information content (AvgIpc) is 2.37. The van der Waals surface area contributed by atoms with Gasteiger partial charge in [0.15, 0.2) is 0 Å². The van der Waals surface area contributed by atoms with Gasteiger partial charge < -0.3 is 15.2 Å². The van der Waals surface area contributed by atoms with Crippen molar-refractivity contribution in [3.8, 4) is 5.75 Å². The number of rotatable bonds is 5. The summed E-state index contributed by atoms with van der Waals surface area (Å²) in [6, 6.07) is 8.17. The summed E-state index contributed by atoms with van der Waals surface area (Å²) in [4.78, 5) is 0. The highest BCUT2D eigenvalue weighted by Gasteiger charge is 2.29. The first kappa shape index (κ1) is 13.4. The highest BCUT2D eigenvalue weighted by molar-refractivity contribution is 5.37. The van der Waals surface area contributed by atoms with Crippen LogP contribution in [0.1, 0.15) is 38.2 Å². The molecule has 0 radical (unpaired) electrons. The minimum atomic E-state index is -0.662. The van der Waals surface area contributed by atoms with Crippen LogP contribution in [0.2, 0.25) is 0 Å². The lowest BCUT2D eigenvalue weighted by atomic mass is 9.83. The zero-order valence-electron chi connectivity index (χ0n) is 11.3. The maximum atomic E-state index is 10.4. The van der Waals surface area contributed by atoms with Crippen molar-refractivity contribution in [1.82, 2.24) is 5.32 Å². The molecule has 0 aliphatic carbocycles. The third-order valence-electron chi connectivity index (χ3n) is 3.52. The van der Waals surface area contributed by atoms with Crippen LogP contribution in [0.3, 0.4) is 0 Å². The van der Waals surface area contributed by atoms with Crippen LogP contribution in [0.15, 0.2) is 24.3 Å². The van der Waals surface area contributed by atoms with E-state index in [2.05, 4.69) is 18.3 Å². The van der Waals surface area contributed by atoms with E-state index in [0.29, 0.717) is 12.5 Å². The van der Waals surface area contributed by atoms with Crippen LogP contribution in [0.25, 0.3) is 0 Å². The molecule has 3 heteroatoms. The van der Waals surface area contributed by atoms with E-state index in [0.717, 1.165) is 31.7 Å². The number of nitrogens with one attached hydrogen (secondary N) is 1. The predicted octanol–water partition coefficient (Wildman–Crippen LogP) is 2.30. The first-order valence-electron chi connectivity index (χ1n) is 6.77. The maximum Gasteiger partial charge on any atom is 0.122 e. The monoisotopic (exact) mass is 249 g/mol. The van der Waals surface area contributed by atoms with Gasteiger partial charge in [0.05, 0.1) is 12.2 Å². The molecule has 0 amide bonds. The number of ether oxygens (including phenoxy) is 1. The topological polar surface area (TPSA) is 41.5 Å². The van der Waals surface area contributed by atoms with Gasteiger partial charge in [-0.3, -0.25) is 0 Å². The molecule has 1 heterocycles. The van der Waals surface area contributed by atoms with Crippen molar-refractivity contribution in [1.29, 1.82) is 0 Å². The fourth-order valence-corrected chi connectivity index (χ4v) is 2.63. The van der Waals surface area contributed by atoms with Crippen molar-refractivity contribution < 1.29 is 9.84 Å². The quantitative estimate of drug-likeness (QED) is 0.841. The van der Waals surface area contributed by atoms with Crippen LogP contribution < -0.4 is 10.1 Å². The highest BCUT2D eigenvalue weighted by atomic mass is 16.5. The molecule has 3 nitrogen and oxygen atoms in total. The molecule has 2 N–H and O–H groups in total. The largest absolute Gasteiger partial charge is 0.493 e. The fourth-order valence-electron chi connectivity index (χ4n) is 2.63. The van der Waals surface area contributed by atoms with E-state index in [1.807, 2.05) is 25.1 Å². The Morgan fingerprint density at radius 1 is 1.44 bits per heavy atom. The number of likely N-dealkylation sites (N-methyl/N-ethyl adjacent to an activating group) is 1. The second-order valence-electron chi connectivity index (χ2n) is 5.35. The Balaban J connectivity index is 2.06. The molecule has 2 rings (SSSR count). The van der Waals surface area contributed by atoms with Gasteiger partial charge in [-0.05, 0) is 43.9 Å². The molecule has 0 saturated carbocycles. The minimum absolute atomic E-state index is 0.392. The zero-order chi connectivity index (χ0) is 13.0. The van der Waals surface area contributed by atoms with Crippen molar-refractivity contribution in [3.05, 3.63) is 29.8 Å². The molecular formula is C15H23NO2. The molecule has 2 atom stereocenters. The van der Waals surface area contributed by atoms with Gasteiger partial charge in [0.25, 0.3) is 0 Å². The normalized spacial score (nSPS) is 21.8. The number of hydrogen-bond donors (Lipinski definition) is 2. The predicted molar refractivity (Wildman–Crippen MR) is 73.1 cm³/mol. The van der Waals surface area contributed by atoms with Crippen molar-refractivity contribution in [2.45, 2.75) is 38.2 Å². The molecule has 18 heavy (non-hydrogen) atoms. The van der Waals surface area contributed by atoms with Gasteiger partial charge in [0, 0.05) is 6.54 Å². The van der Waals surface area contributed by atoms with Gasteiger partial charge in [0.2, 0.25) is 0 Å². The number of fused-ring (bicyclic) bond motifs is 1. The Hall–Kier alpha value is -1.06. The van der Waals surface area contributed by atoms with E-state index in [1.165, 1.54) is 5.56 Å². The maximum absolute atomic E-state index is 10.4. The van der Waals surface area contributed by atoms with Crippen LogP contribution in [0.5, 0.6) is 5.75 Å². The van der Waals surface area contributed by atoms with E-state index in [4.69, 9.17) is 4.74 Å². The summed E-state index contributed by atoms with van der Waals surface area (Å²) in [5.74, 6) is 1.37. The number of aliphatic hydroxyl groups is 1. The molecule has 1 aliphatic rings. The Morgan fingerprint density at radius 2 is 2.22 bits per heavy atom. The molecular weight excluding hydrogens is 226 g/mol. The van der Waals surface area contributed by atoms with Crippen LogP contribution in [-0.4, -0.2) is 30.4 Å². The van der Waals surface area contributed by atoms with E-state index >= 15 is 0 Å². The van der Waals surface area contributed by atoms with Gasteiger partial charge in [-0.2, -0.15) is 0 Å². The Bertz CT molecular complexity index is 390. The molecule has 2 unspecified atom stereocenters. The summed E-state index contributed by atoms with van der Waals surface area (Å²) < 4.78 is 5.65. The van der Waals surface area contributed by atoms with E-state index in [-0.39, 0.29) is 0 Å². The molecule has 100 valence electrons. The number of hydrogen-bond acceptors (Lipinski definition) is 3. The molecule has 1 aromatic carbocycles. The van der Waals surface area contributed by atoms with Gasteiger partial charge in [-0.25, -0.2) is 0 Å². The van der Waals surface area contributed by atoms with Crippen molar-refractivity contribution in [2.24, 2.45) is 0 Å². The third-order valence-corrected chi connectivity index (χ3v) is 3.52. The summed E-state index contributed by atoms with van der Waals surface area (Å²) >= 11 is 0. The highest BCUT2D eigenvalue weighted by Crippen LogP contribution is 2.37. The third kappa shape index (κ3) is 3.24. The van der Waals surface area contributed by atoms with Gasteiger partial charge in [-0.1, -0.05) is 25.1 Å². The number of para-hydroxylation sites is 1. The van der Waals surface area contributed by atoms with Crippen LogP contribution in [0.4, 0.5) is 0 Å². The molecule has 0 spiro atoms. The molecule has 1 aliphatic heterocycles. The Morgan fingerprint density at radius 3 is 3.00 bits per heavy atom. The fraction of sp³-hybridized carbons (Fsp3) is 0.600. The standard InChI is InChI=1S/C15H23NO2/c1-3-16-11-15(2,17)10-12-8-9-18-14-7-5-4-6-13(12)14/h4-7,12,16-17H,3,8-11H2,1-2H3. The van der Waals surface area contributed by atoms with Crippen LogP contribution in [0, 0.1) is 0 Å². The van der Waals surface area contributed by atoms with E-state index < -0.39 is 5.60 Å². The minimum Gasteiger partial charge on any atom is -0.493 e. The lowest BCUT2D eigenvalue weighted by molar-refractivity contribution is 0.0394. The molecule has 0 saturated heterocycles.